The fourth-order valence-electron chi connectivity index (χ4n) is 1.66. The predicted octanol–water partition coefficient (Wildman–Crippen LogP) is 2.64. The van der Waals surface area contributed by atoms with E-state index in [0.717, 1.165) is 6.07 Å². The molecule has 0 aliphatic rings. The van der Waals surface area contributed by atoms with Crippen LogP contribution in [0, 0.1) is 11.7 Å². The molecule has 6 heteroatoms. The van der Waals surface area contributed by atoms with Crippen LogP contribution in [0.15, 0.2) is 18.2 Å². The second-order valence-corrected chi connectivity index (χ2v) is 4.67. The van der Waals surface area contributed by atoms with E-state index < -0.39 is 17.8 Å². The van der Waals surface area contributed by atoms with Crippen molar-refractivity contribution in [3.05, 3.63) is 29.6 Å². The van der Waals surface area contributed by atoms with Crippen LogP contribution >= 0.6 is 0 Å². The summed E-state index contributed by atoms with van der Waals surface area (Å²) in [6.45, 7) is 4.37. The summed E-state index contributed by atoms with van der Waals surface area (Å²) in [4.78, 5) is 24.2. The Balaban J connectivity index is 2.93. The summed E-state index contributed by atoms with van der Waals surface area (Å²) in [6, 6.07) is 3.08. The lowest BCUT2D eigenvalue weighted by molar-refractivity contribution is 0.0697. The minimum atomic E-state index is -1.29. The molecule has 104 valence electrons. The molecule has 1 rings (SSSR count). The number of amides is 2. The first-order valence-electron chi connectivity index (χ1n) is 5.86. The molecule has 1 aromatic carbocycles. The predicted molar refractivity (Wildman–Crippen MR) is 69.8 cm³/mol. The zero-order valence-corrected chi connectivity index (χ0v) is 11.1. The van der Waals surface area contributed by atoms with Crippen LogP contribution in [0.3, 0.4) is 0 Å². The highest BCUT2D eigenvalue weighted by Crippen LogP contribution is 2.20. The number of hydrogen-bond acceptors (Lipinski definition) is 2. The number of carbonyl (C=O) groups excluding carboxylic acids is 1. The monoisotopic (exact) mass is 268 g/mol. The second kappa shape index (κ2) is 6.17. The van der Waals surface area contributed by atoms with Crippen LogP contribution in [0.1, 0.15) is 24.2 Å². The number of para-hydroxylation sites is 1. The lowest BCUT2D eigenvalue weighted by Crippen LogP contribution is -2.34. The number of carboxylic acid groups (broad SMARTS) is 1. The molecule has 0 aliphatic carbocycles. The van der Waals surface area contributed by atoms with Gasteiger partial charge in [-0.3, -0.25) is 0 Å². The highest BCUT2D eigenvalue weighted by Gasteiger charge is 2.18. The third kappa shape index (κ3) is 3.94. The van der Waals surface area contributed by atoms with Gasteiger partial charge in [0.25, 0.3) is 0 Å². The Kier molecular flexibility index (Phi) is 4.86. The second-order valence-electron chi connectivity index (χ2n) is 4.67. The molecule has 0 radical (unpaired) electrons. The Labute approximate surface area is 111 Å². The third-order valence-corrected chi connectivity index (χ3v) is 2.46. The first-order chi connectivity index (χ1) is 8.82. The number of benzene rings is 1. The average molecular weight is 268 g/mol. The minimum Gasteiger partial charge on any atom is -0.478 e. The van der Waals surface area contributed by atoms with Gasteiger partial charge < -0.3 is 15.3 Å². The highest BCUT2D eigenvalue weighted by atomic mass is 19.1. The van der Waals surface area contributed by atoms with Gasteiger partial charge in [0, 0.05) is 13.6 Å². The van der Waals surface area contributed by atoms with E-state index in [0.29, 0.717) is 6.54 Å². The molecule has 1 aromatic rings. The van der Waals surface area contributed by atoms with Crippen molar-refractivity contribution >= 4 is 17.7 Å². The van der Waals surface area contributed by atoms with Crippen LogP contribution in [0.5, 0.6) is 0 Å². The summed E-state index contributed by atoms with van der Waals surface area (Å²) in [6.07, 6.45) is 0. The van der Waals surface area contributed by atoms with Crippen molar-refractivity contribution < 1.29 is 19.1 Å². The number of aromatic carboxylic acids is 1. The van der Waals surface area contributed by atoms with Gasteiger partial charge in [-0.25, -0.2) is 14.0 Å². The van der Waals surface area contributed by atoms with Gasteiger partial charge in [-0.05, 0) is 18.1 Å². The molecule has 0 spiro atoms. The molecule has 0 bridgehead atoms. The quantitative estimate of drug-likeness (QED) is 0.882. The fraction of sp³-hybridized carbons (Fsp3) is 0.385. The van der Waals surface area contributed by atoms with Gasteiger partial charge in [-0.2, -0.15) is 0 Å². The van der Waals surface area contributed by atoms with Crippen molar-refractivity contribution in [3.63, 3.8) is 0 Å². The van der Waals surface area contributed by atoms with Crippen molar-refractivity contribution in [2.45, 2.75) is 13.8 Å². The molecule has 0 saturated heterocycles. The van der Waals surface area contributed by atoms with Gasteiger partial charge in [-0.1, -0.05) is 19.9 Å². The van der Waals surface area contributed by atoms with Gasteiger partial charge in [0.15, 0.2) is 0 Å². The summed E-state index contributed by atoms with van der Waals surface area (Å²) in [5.74, 6) is -1.80. The average Bonchev–Trinajstić information content (AvgIpc) is 2.30. The van der Waals surface area contributed by atoms with Crippen molar-refractivity contribution in [3.8, 4) is 0 Å². The van der Waals surface area contributed by atoms with Crippen LogP contribution in [0.4, 0.5) is 14.9 Å². The maximum atomic E-state index is 13.6. The first kappa shape index (κ1) is 14.9. The van der Waals surface area contributed by atoms with E-state index in [4.69, 9.17) is 5.11 Å². The van der Waals surface area contributed by atoms with E-state index in [9.17, 15) is 14.0 Å². The maximum Gasteiger partial charge on any atom is 0.337 e. The van der Waals surface area contributed by atoms with Crippen LogP contribution in [-0.4, -0.2) is 35.6 Å². The molecule has 2 amide bonds. The normalized spacial score (nSPS) is 10.4. The molecular weight excluding hydrogens is 251 g/mol. The topological polar surface area (TPSA) is 69.6 Å². The lowest BCUT2D eigenvalue weighted by atomic mass is 10.1. The van der Waals surface area contributed by atoms with E-state index in [-0.39, 0.29) is 17.2 Å². The van der Waals surface area contributed by atoms with Gasteiger partial charge in [0.1, 0.15) is 5.82 Å². The van der Waals surface area contributed by atoms with E-state index in [1.54, 1.807) is 7.05 Å². The Morgan fingerprint density at radius 3 is 2.58 bits per heavy atom. The summed E-state index contributed by atoms with van der Waals surface area (Å²) < 4.78 is 13.6. The van der Waals surface area contributed by atoms with Gasteiger partial charge in [0.2, 0.25) is 0 Å². The molecule has 0 heterocycles. The number of carbonyl (C=O) groups is 2. The van der Waals surface area contributed by atoms with Gasteiger partial charge >= 0.3 is 12.0 Å². The number of hydrogen-bond donors (Lipinski definition) is 2. The number of rotatable bonds is 4. The molecule has 0 unspecified atom stereocenters. The summed E-state index contributed by atoms with van der Waals surface area (Å²) in [5.41, 5.74) is -0.582. The molecule has 19 heavy (non-hydrogen) atoms. The molecule has 2 N–H and O–H groups in total. The van der Waals surface area contributed by atoms with Crippen molar-refractivity contribution in [1.82, 2.24) is 4.90 Å². The van der Waals surface area contributed by atoms with Crippen LogP contribution in [0.2, 0.25) is 0 Å². The Bertz CT molecular complexity index is 489. The van der Waals surface area contributed by atoms with Crippen molar-refractivity contribution in [1.29, 1.82) is 0 Å². The zero-order valence-electron chi connectivity index (χ0n) is 11.1. The first-order valence-corrected chi connectivity index (χ1v) is 5.86. The SMILES string of the molecule is CC(C)CN(C)C(=O)Nc1c(F)cccc1C(=O)O. The Morgan fingerprint density at radius 1 is 1.42 bits per heavy atom. The van der Waals surface area contributed by atoms with Crippen molar-refractivity contribution in [2.75, 3.05) is 18.9 Å². The van der Waals surface area contributed by atoms with E-state index in [2.05, 4.69) is 5.32 Å². The smallest absolute Gasteiger partial charge is 0.337 e. The van der Waals surface area contributed by atoms with Crippen LogP contribution in [-0.2, 0) is 0 Å². The van der Waals surface area contributed by atoms with Crippen molar-refractivity contribution in [2.24, 2.45) is 5.92 Å². The standard InChI is InChI=1S/C13H17FN2O3/c1-8(2)7-16(3)13(19)15-11-9(12(17)18)5-4-6-10(11)14/h4-6,8H,7H2,1-3H3,(H,15,19)(H,17,18). The summed E-state index contributed by atoms with van der Waals surface area (Å²) >= 11 is 0. The van der Waals surface area contributed by atoms with Crippen LogP contribution < -0.4 is 5.32 Å². The van der Waals surface area contributed by atoms with E-state index in [1.165, 1.54) is 17.0 Å². The molecule has 0 fully saturated rings. The number of anilines is 1. The zero-order chi connectivity index (χ0) is 14.6. The number of urea groups is 1. The third-order valence-electron chi connectivity index (χ3n) is 2.46. The van der Waals surface area contributed by atoms with Crippen LogP contribution in [0.25, 0.3) is 0 Å². The molecule has 0 atom stereocenters. The maximum absolute atomic E-state index is 13.6. The highest BCUT2D eigenvalue weighted by molar-refractivity contribution is 6.00. The lowest BCUT2D eigenvalue weighted by Gasteiger charge is -2.20. The number of nitrogens with one attached hydrogen (secondary N) is 1. The van der Waals surface area contributed by atoms with Gasteiger partial charge in [-0.15, -0.1) is 0 Å². The number of halogens is 1. The Morgan fingerprint density at radius 2 is 2.05 bits per heavy atom. The molecular formula is C13H17FN2O3. The fourth-order valence-corrected chi connectivity index (χ4v) is 1.66. The van der Waals surface area contributed by atoms with E-state index >= 15 is 0 Å². The molecule has 0 aromatic heterocycles. The number of nitrogens with zero attached hydrogens (tertiary/aromatic N) is 1. The van der Waals surface area contributed by atoms with E-state index in [1.807, 2.05) is 13.8 Å². The molecule has 5 nitrogen and oxygen atoms in total. The molecule has 0 aliphatic heterocycles. The summed E-state index contributed by atoms with van der Waals surface area (Å²) in [5, 5.41) is 11.3. The molecule has 0 saturated carbocycles. The largest absolute Gasteiger partial charge is 0.478 e. The van der Waals surface area contributed by atoms with Gasteiger partial charge in [0.05, 0.1) is 11.3 Å². The Hall–Kier alpha value is -2.11. The summed E-state index contributed by atoms with van der Waals surface area (Å²) in [7, 11) is 1.57. The number of carboxylic acids is 1. The minimum absolute atomic E-state index is 0.260.